The standard InChI is InChI=1S/C13H17IO3/c1-2-16-13(15)4-3-9-17-12-7-5-11(10-14)6-8-12/h5-8H,2-4,9-10H2,1H3. The number of carbonyl (C=O) groups is 1. The van der Waals surface area contributed by atoms with Gasteiger partial charge >= 0.3 is 5.97 Å². The molecular formula is C13H17IO3. The quantitative estimate of drug-likeness (QED) is 0.328. The predicted octanol–water partition coefficient (Wildman–Crippen LogP) is 3.34. The molecular weight excluding hydrogens is 331 g/mol. The summed E-state index contributed by atoms with van der Waals surface area (Å²) in [6.45, 7) is 2.79. The minimum Gasteiger partial charge on any atom is -0.494 e. The van der Waals surface area contributed by atoms with Gasteiger partial charge in [0.15, 0.2) is 0 Å². The van der Waals surface area contributed by atoms with Gasteiger partial charge in [-0.05, 0) is 31.0 Å². The van der Waals surface area contributed by atoms with Crippen molar-refractivity contribution in [2.45, 2.75) is 24.2 Å². The largest absolute Gasteiger partial charge is 0.494 e. The van der Waals surface area contributed by atoms with Crippen molar-refractivity contribution in [3.63, 3.8) is 0 Å². The average molecular weight is 348 g/mol. The van der Waals surface area contributed by atoms with Gasteiger partial charge < -0.3 is 9.47 Å². The van der Waals surface area contributed by atoms with Gasteiger partial charge in [0.25, 0.3) is 0 Å². The van der Waals surface area contributed by atoms with Crippen molar-refractivity contribution >= 4 is 28.6 Å². The summed E-state index contributed by atoms with van der Waals surface area (Å²) < 4.78 is 11.4. The van der Waals surface area contributed by atoms with Gasteiger partial charge in [0.2, 0.25) is 0 Å². The lowest BCUT2D eigenvalue weighted by molar-refractivity contribution is -0.143. The fourth-order valence-electron chi connectivity index (χ4n) is 1.31. The summed E-state index contributed by atoms with van der Waals surface area (Å²) in [6.07, 6.45) is 1.10. The number of benzene rings is 1. The zero-order chi connectivity index (χ0) is 12.5. The Morgan fingerprint density at radius 1 is 1.29 bits per heavy atom. The molecule has 1 aromatic rings. The van der Waals surface area contributed by atoms with E-state index in [4.69, 9.17) is 9.47 Å². The van der Waals surface area contributed by atoms with Crippen LogP contribution in [-0.4, -0.2) is 19.2 Å². The Morgan fingerprint density at radius 2 is 2.00 bits per heavy atom. The van der Waals surface area contributed by atoms with E-state index >= 15 is 0 Å². The number of ether oxygens (including phenoxy) is 2. The van der Waals surface area contributed by atoms with E-state index in [0.29, 0.717) is 26.1 Å². The molecule has 0 spiro atoms. The summed E-state index contributed by atoms with van der Waals surface area (Å²) in [4.78, 5) is 11.1. The molecule has 1 aromatic carbocycles. The van der Waals surface area contributed by atoms with Gasteiger partial charge in [-0.1, -0.05) is 34.7 Å². The molecule has 4 heteroatoms. The maximum absolute atomic E-state index is 11.1. The number of hydrogen-bond donors (Lipinski definition) is 0. The first-order chi connectivity index (χ1) is 8.26. The van der Waals surface area contributed by atoms with Crippen LogP contribution >= 0.6 is 22.6 Å². The molecule has 17 heavy (non-hydrogen) atoms. The number of hydrogen-bond acceptors (Lipinski definition) is 3. The normalized spacial score (nSPS) is 10.0. The van der Waals surface area contributed by atoms with Gasteiger partial charge in [-0.3, -0.25) is 4.79 Å². The molecule has 0 amide bonds. The zero-order valence-electron chi connectivity index (χ0n) is 9.95. The third-order valence-electron chi connectivity index (χ3n) is 2.18. The maximum Gasteiger partial charge on any atom is 0.305 e. The van der Waals surface area contributed by atoms with E-state index in [0.717, 1.165) is 10.2 Å². The minimum absolute atomic E-state index is 0.156. The molecule has 0 heterocycles. The van der Waals surface area contributed by atoms with E-state index in [2.05, 4.69) is 22.6 Å². The summed E-state index contributed by atoms with van der Waals surface area (Å²) >= 11 is 2.32. The molecule has 0 saturated heterocycles. The van der Waals surface area contributed by atoms with E-state index in [9.17, 15) is 4.79 Å². The van der Waals surface area contributed by atoms with E-state index in [1.807, 2.05) is 31.2 Å². The van der Waals surface area contributed by atoms with Crippen LogP contribution in [0.3, 0.4) is 0 Å². The lowest BCUT2D eigenvalue weighted by atomic mass is 10.2. The van der Waals surface area contributed by atoms with Crippen molar-refractivity contribution in [3.8, 4) is 5.75 Å². The summed E-state index contributed by atoms with van der Waals surface area (Å²) in [5, 5.41) is 0. The highest BCUT2D eigenvalue weighted by molar-refractivity contribution is 14.1. The van der Waals surface area contributed by atoms with Crippen molar-refractivity contribution in [2.75, 3.05) is 13.2 Å². The first-order valence-electron chi connectivity index (χ1n) is 5.69. The Labute approximate surface area is 116 Å². The molecule has 0 fully saturated rings. The summed E-state index contributed by atoms with van der Waals surface area (Å²) in [7, 11) is 0. The molecule has 0 atom stereocenters. The lowest BCUT2D eigenvalue weighted by Crippen LogP contribution is -2.06. The molecule has 0 aliphatic heterocycles. The first-order valence-corrected chi connectivity index (χ1v) is 7.22. The van der Waals surface area contributed by atoms with Crippen LogP contribution in [0.2, 0.25) is 0 Å². The highest BCUT2D eigenvalue weighted by Crippen LogP contribution is 2.14. The van der Waals surface area contributed by atoms with Crippen LogP contribution in [0, 0.1) is 0 Å². The summed E-state index contributed by atoms with van der Waals surface area (Å²) in [5.41, 5.74) is 1.28. The molecule has 3 nitrogen and oxygen atoms in total. The van der Waals surface area contributed by atoms with Crippen molar-refractivity contribution in [2.24, 2.45) is 0 Å². The van der Waals surface area contributed by atoms with E-state index in [1.165, 1.54) is 5.56 Å². The molecule has 0 saturated carbocycles. The Morgan fingerprint density at radius 3 is 2.59 bits per heavy atom. The zero-order valence-corrected chi connectivity index (χ0v) is 12.1. The van der Waals surface area contributed by atoms with Gasteiger partial charge in [0, 0.05) is 10.8 Å². The van der Waals surface area contributed by atoms with Crippen LogP contribution in [0.4, 0.5) is 0 Å². The Balaban J connectivity index is 2.19. The second kappa shape index (κ2) is 8.33. The van der Waals surface area contributed by atoms with Gasteiger partial charge in [0.1, 0.15) is 5.75 Å². The summed E-state index contributed by atoms with van der Waals surface area (Å²) in [6, 6.07) is 8.01. The third-order valence-corrected chi connectivity index (χ3v) is 3.06. The van der Waals surface area contributed by atoms with Crippen molar-refractivity contribution in [3.05, 3.63) is 29.8 Å². The highest BCUT2D eigenvalue weighted by atomic mass is 127. The van der Waals surface area contributed by atoms with Gasteiger partial charge in [-0.25, -0.2) is 0 Å². The van der Waals surface area contributed by atoms with E-state index in [-0.39, 0.29) is 5.97 Å². The van der Waals surface area contributed by atoms with Crippen LogP contribution in [-0.2, 0) is 14.0 Å². The molecule has 0 unspecified atom stereocenters. The Bertz CT molecular complexity index is 335. The van der Waals surface area contributed by atoms with Crippen LogP contribution in [0.25, 0.3) is 0 Å². The van der Waals surface area contributed by atoms with Crippen LogP contribution < -0.4 is 4.74 Å². The van der Waals surface area contributed by atoms with E-state index < -0.39 is 0 Å². The first kappa shape index (κ1) is 14.3. The van der Waals surface area contributed by atoms with Crippen molar-refractivity contribution in [1.29, 1.82) is 0 Å². The molecule has 0 aliphatic carbocycles. The van der Waals surface area contributed by atoms with Crippen LogP contribution in [0.1, 0.15) is 25.3 Å². The highest BCUT2D eigenvalue weighted by Gasteiger charge is 2.01. The number of rotatable bonds is 7. The Kier molecular flexibility index (Phi) is 7.00. The third kappa shape index (κ3) is 5.91. The Hall–Kier alpha value is -0.780. The number of esters is 1. The average Bonchev–Trinajstić information content (AvgIpc) is 2.36. The second-order valence-corrected chi connectivity index (χ2v) is 4.30. The summed E-state index contributed by atoms with van der Waals surface area (Å²) in [5.74, 6) is 0.693. The molecule has 0 N–H and O–H groups in total. The van der Waals surface area contributed by atoms with Crippen molar-refractivity contribution < 1.29 is 14.3 Å². The monoisotopic (exact) mass is 348 g/mol. The predicted molar refractivity (Wildman–Crippen MR) is 75.5 cm³/mol. The maximum atomic E-state index is 11.1. The number of alkyl halides is 1. The van der Waals surface area contributed by atoms with Crippen LogP contribution in [0.5, 0.6) is 5.75 Å². The lowest BCUT2D eigenvalue weighted by Gasteiger charge is -2.06. The molecule has 94 valence electrons. The smallest absolute Gasteiger partial charge is 0.305 e. The molecule has 0 bridgehead atoms. The topological polar surface area (TPSA) is 35.5 Å². The molecule has 1 rings (SSSR count). The molecule has 0 aliphatic rings. The fourth-order valence-corrected chi connectivity index (χ4v) is 1.82. The van der Waals surface area contributed by atoms with Gasteiger partial charge in [0.05, 0.1) is 13.2 Å². The molecule has 0 radical (unpaired) electrons. The molecule has 0 aromatic heterocycles. The van der Waals surface area contributed by atoms with Crippen molar-refractivity contribution in [1.82, 2.24) is 0 Å². The second-order valence-electron chi connectivity index (χ2n) is 3.53. The minimum atomic E-state index is -0.156. The van der Waals surface area contributed by atoms with Gasteiger partial charge in [-0.2, -0.15) is 0 Å². The fraction of sp³-hybridized carbons (Fsp3) is 0.462. The number of halogens is 1. The SMILES string of the molecule is CCOC(=O)CCCOc1ccc(CI)cc1. The van der Waals surface area contributed by atoms with E-state index in [1.54, 1.807) is 0 Å². The van der Waals surface area contributed by atoms with Crippen LogP contribution in [0.15, 0.2) is 24.3 Å². The number of carbonyl (C=O) groups excluding carboxylic acids is 1. The van der Waals surface area contributed by atoms with Gasteiger partial charge in [-0.15, -0.1) is 0 Å².